The van der Waals surface area contributed by atoms with E-state index < -0.39 is 10.8 Å². The third kappa shape index (κ3) is 1.81. The second kappa shape index (κ2) is 4.31. The Morgan fingerprint density at radius 1 is 0.765 bits per heavy atom. The highest BCUT2D eigenvalue weighted by Gasteiger charge is 2.55. The fraction of sp³-hybridized carbons (Fsp3) is 0.917. The lowest BCUT2D eigenvalue weighted by atomic mass is 9.61. The molecule has 0 unspecified atom stereocenters. The lowest BCUT2D eigenvalue weighted by Crippen LogP contribution is -2.58. The van der Waals surface area contributed by atoms with Gasteiger partial charge in [-0.15, -0.1) is 0 Å². The Balaban J connectivity index is 1.84. The van der Waals surface area contributed by atoms with Gasteiger partial charge in [-0.05, 0) is 12.8 Å². The Kier molecular flexibility index (Phi) is 2.94. The van der Waals surface area contributed by atoms with E-state index in [-0.39, 0.29) is 5.78 Å². The predicted octanol–water partition coefficient (Wildman–Crippen LogP) is 0.721. The number of ether oxygens (including phenoxy) is 4. The molecule has 96 valence electrons. The summed E-state index contributed by atoms with van der Waals surface area (Å²) in [4.78, 5) is 12.8. The molecule has 3 fully saturated rings. The van der Waals surface area contributed by atoms with Crippen LogP contribution in [-0.2, 0) is 23.7 Å². The number of carbonyl (C=O) groups is 1. The fourth-order valence-electron chi connectivity index (χ4n) is 3.25. The van der Waals surface area contributed by atoms with Crippen molar-refractivity contribution in [2.45, 2.75) is 19.3 Å². The van der Waals surface area contributed by atoms with Gasteiger partial charge in [0.05, 0.1) is 37.3 Å². The molecular weight excluding hydrogens is 224 g/mol. The SMILES string of the molecule is O=C1C2(CCCC13COCOC3)COCOC2. The maximum atomic E-state index is 12.8. The summed E-state index contributed by atoms with van der Waals surface area (Å²) in [6.07, 6.45) is 2.71. The van der Waals surface area contributed by atoms with E-state index in [4.69, 9.17) is 18.9 Å². The lowest BCUT2D eigenvalue weighted by molar-refractivity contribution is -0.214. The highest BCUT2D eigenvalue weighted by atomic mass is 16.7. The number of hydrogen-bond donors (Lipinski definition) is 0. The highest BCUT2D eigenvalue weighted by Crippen LogP contribution is 2.46. The largest absolute Gasteiger partial charge is 0.354 e. The first kappa shape index (κ1) is 11.6. The van der Waals surface area contributed by atoms with Crippen LogP contribution in [0, 0.1) is 10.8 Å². The van der Waals surface area contributed by atoms with Crippen molar-refractivity contribution in [3.05, 3.63) is 0 Å². The van der Waals surface area contributed by atoms with Gasteiger partial charge in [0.15, 0.2) is 5.78 Å². The van der Waals surface area contributed by atoms with Crippen molar-refractivity contribution in [1.82, 2.24) is 0 Å². The van der Waals surface area contributed by atoms with Gasteiger partial charge in [-0.2, -0.15) is 0 Å². The quantitative estimate of drug-likeness (QED) is 0.626. The zero-order valence-electron chi connectivity index (χ0n) is 9.91. The molecule has 2 spiro atoms. The first-order valence-electron chi connectivity index (χ1n) is 6.13. The van der Waals surface area contributed by atoms with Crippen LogP contribution in [0.4, 0.5) is 0 Å². The van der Waals surface area contributed by atoms with Gasteiger partial charge >= 0.3 is 0 Å². The number of carbonyl (C=O) groups excluding carboxylic acids is 1. The van der Waals surface area contributed by atoms with E-state index in [9.17, 15) is 4.79 Å². The molecule has 1 aliphatic carbocycles. The summed E-state index contributed by atoms with van der Waals surface area (Å²) < 4.78 is 21.4. The van der Waals surface area contributed by atoms with Gasteiger partial charge in [-0.1, -0.05) is 6.42 Å². The third-order valence-corrected chi connectivity index (χ3v) is 4.12. The molecule has 0 radical (unpaired) electrons. The number of hydrogen-bond acceptors (Lipinski definition) is 5. The van der Waals surface area contributed by atoms with Gasteiger partial charge in [-0.25, -0.2) is 0 Å². The summed E-state index contributed by atoms with van der Waals surface area (Å²) >= 11 is 0. The van der Waals surface area contributed by atoms with Crippen molar-refractivity contribution < 1.29 is 23.7 Å². The van der Waals surface area contributed by atoms with Crippen LogP contribution in [0.2, 0.25) is 0 Å². The predicted molar refractivity (Wildman–Crippen MR) is 57.3 cm³/mol. The average molecular weight is 242 g/mol. The van der Waals surface area contributed by atoms with Crippen LogP contribution in [0.25, 0.3) is 0 Å². The minimum atomic E-state index is -0.458. The number of ketones is 1. The summed E-state index contributed by atoms with van der Waals surface area (Å²) in [7, 11) is 0. The van der Waals surface area contributed by atoms with E-state index in [0.717, 1.165) is 19.3 Å². The van der Waals surface area contributed by atoms with Crippen molar-refractivity contribution in [2.75, 3.05) is 40.0 Å². The second-order valence-electron chi connectivity index (χ2n) is 5.37. The van der Waals surface area contributed by atoms with E-state index in [1.165, 1.54) is 0 Å². The zero-order chi connectivity index (χ0) is 11.8. The molecule has 5 nitrogen and oxygen atoms in total. The Bertz CT molecular complexity index is 263. The molecule has 0 N–H and O–H groups in total. The van der Waals surface area contributed by atoms with Crippen LogP contribution in [0.15, 0.2) is 0 Å². The standard InChI is InChI=1S/C12H18O5/c13-10-11(4-14-8-15-5-11)2-1-3-12(10)6-16-9-17-7-12/h1-9H2. The van der Waals surface area contributed by atoms with E-state index in [0.29, 0.717) is 40.0 Å². The van der Waals surface area contributed by atoms with Gasteiger partial charge < -0.3 is 18.9 Å². The van der Waals surface area contributed by atoms with Crippen molar-refractivity contribution in [3.8, 4) is 0 Å². The van der Waals surface area contributed by atoms with Crippen molar-refractivity contribution in [1.29, 1.82) is 0 Å². The topological polar surface area (TPSA) is 54.0 Å². The molecule has 3 aliphatic rings. The van der Waals surface area contributed by atoms with Crippen LogP contribution in [0.5, 0.6) is 0 Å². The van der Waals surface area contributed by atoms with Crippen LogP contribution in [-0.4, -0.2) is 45.8 Å². The molecule has 3 rings (SSSR count). The van der Waals surface area contributed by atoms with Gasteiger partial charge in [0.25, 0.3) is 0 Å². The molecule has 0 atom stereocenters. The first-order chi connectivity index (χ1) is 8.28. The highest BCUT2D eigenvalue weighted by molar-refractivity contribution is 5.92. The smallest absolute Gasteiger partial charge is 0.154 e. The van der Waals surface area contributed by atoms with E-state index in [2.05, 4.69) is 0 Å². The van der Waals surface area contributed by atoms with Crippen LogP contribution in [0.1, 0.15) is 19.3 Å². The summed E-state index contributed by atoms with van der Waals surface area (Å²) in [5.74, 6) is 0.218. The minimum absolute atomic E-state index is 0.218. The molecular formula is C12H18O5. The first-order valence-corrected chi connectivity index (χ1v) is 6.13. The Morgan fingerprint density at radius 3 is 1.59 bits per heavy atom. The maximum Gasteiger partial charge on any atom is 0.154 e. The van der Waals surface area contributed by atoms with Gasteiger partial charge in [-0.3, -0.25) is 4.79 Å². The van der Waals surface area contributed by atoms with Crippen LogP contribution in [0.3, 0.4) is 0 Å². The minimum Gasteiger partial charge on any atom is -0.354 e. The average Bonchev–Trinajstić information content (AvgIpc) is 2.39. The van der Waals surface area contributed by atoms with Gasteiger partial charge in [0.2, 0.25) is 0 Å². The Morgan fingerprint density at radius 2 is 1.18 bits per heavy atom. The molecule has 0 aromatic rings. The summed E-state index contributed by atoms with van der Waals surface area (Å²) in [6, 6.07) is 0. The molecule has 0 bridgehead atoms. The van der Waals surface area contributed by atoms with Crippen LogP contribution < -0.4 is 0 Å². The number of Topliss-reactive ketones (excluding diaryl/α,β-unsaturated/α-hetero) is 1. The van der Waals surface area contributed by atoms with E-state index in [1.54, 1.807) is 0 Å². The van der Waals surface area contributed by atoms with Gasteiger partial charge in [0, 0.05) is 0 Å². The van der Waals surface area contributed by atoms with Crippen molar-refractivity contribution in [2.24, 2.45) is 10.8 Å². The Labute approximate surface area is 100 Å². The second-order valence-corrected chi connectivity index (χ2v) is 5.37. The molecule has 0 aromatic carbocycles. The number of rotatable bonds is 0. The molecule has 2 aliphatic heterocycles. The van der Waals surface area contributed by atoms with Crippen molar-refractivity contribution in [3.63, 3.8) is 0 Å². The fourth-order valence-corrected chi connectivity index (χ4v) is 3.25. The molecule has 2 heterocycles. The molecule has 0 aromatic heterocycles. The molecule has 5 heteroatoms. The third-order valence-electron chi connectivity index (χ3n) is 4.12. The normalized spacial score (nSPS) is 31.9. The van der Waals surface area contributed by atoms with E-state index in [1.807, 2.05) is 0 Å². The Hall–Kier alpha value is -0.490. The summed E-state index contributed by atoms with van der Waals surface area (Å²) in [5, 5.41) is 0. The van der Waals surface area contributed by atoms with Crippen molar-refractivity contribution >= 4 is 5.78 Å². The molecule has 17 heavy (non-hydrogen) atoms. The maximum absolute atomic E-state index is 12.8. The lowest BCUT2D eigenvalue weighted by Gasteiger charge is -2.48. The summed E-state index contributed by atoms with van der Waals surface area (Å²) in [5.41, 5.74) is -0.916. The van der Waals surface area contributed by atoms with E-state index >= 15 is 0 Å². The molecule has 1 saturated carbocycles. The summed E-state index contributed by atoms with van der Waals surface area (Å²) in [6.45, 7) is 2.52. The molecule has 0 amide bonds. The zero-order valence-corrected chi connectivity index (χ0v) is 9.91. The van der Waals surface area contributed by atoms with Gasteiger partial charge in [0.1, 0.15) is 13.6 Å². The van der Waals surface area contributed by atoms with Crippen LogP contribution >= 0.6 is 0 Å². The molecule has 2 saturated heterocycles. The monoisotopic (exact) mass is 242 g/mol.